The monoisotopic (exact) mass is 327 g/mol. The lowest BCUT2D eigenvalue weighted by Crippen LogP contribution is -2.05. The van der Waals surface area contributed by atoms with Crippen LogP contribution in [0.4, 0.5) is 5.69 Å². The summed E-state index contributed by atoms with van der Waals surface area (Å²) < 4.78 is 0. The first kappa shape index (κ1) is 15.6. The zero-order valence-electron chi connectivity index (χ0n) is 14.2. The van der Waals surface area contributed by atoms with Crippen molar-refractivity contribution in [3.8, 4) is 0 Å². The van der Waals surface area contributed by atoms with Crippen LogP contribution in [0.25, 0.3) is 0 Å². The van der Waals surface area contributed by atoms with Crippen LogP contribution in [0.2, 0.25) is 0 Å². The highest BCUT2D eigenvalue weighted by Crippen LogP contribution is 2.28. The molecular formula is C22H21N3. The van der Waals surface area contributed by atoms with E-state index in [1.165, 1.54) is 22.3 Å². The second-order valence-corrected chi connectivity index (χ2v) is 6.45. The minimum Gasteiger partial charge on any atom is -0.398 e. The fraction of sp³-hybridized carbons (Fsp3) is 0.182. The van der Waals surface area contributed by atoms with Crippen LogP contribution in [0.3, 0.4) is 0 Å². The standard InChI is InChI=1S/C22H21N3/c23-21-14-19-15-25-22(17-9-11-24-12-10-17)20(19)13-18(21)8-4-7-16-5-2-1-3-6-16/h1-3,5-6,9-14H,4,7-8,15,23H2. The van der Waals surface area contributed by atoms with E-state index >= 15 is 0 Å². The molecule has 2 heterocycles. The third kappa shape index (κ3) is 3.31. The molecule has 0 unspecified atom stereocenters. The number of nitrogen functional groups attached to an aromatic ring is 1. The Bertz CT molecular complexity index is 899. The summed E-state index contributed by atoms with van der Waals surface area (Å²) in [5.41, 5.74) is 14.4. The lowest BCUT2D eigenvalue weighted by atomic mass is 9.95. The van der Waals surface area contributed by atoms with Crippen molar-refractivity contribution < 1.29 is 0 Å². The van der Waals surface area contributed by atoms with Gasteiger partial charge in [-0.25, -0.2) is 0 Å². The molecule has 0 spiro atoms. The molecule has 0 aliphatic carbocycles. The van der Waals surface area contributed by atoms with E-state index in [4.69, 9.17) is 10.7 Å². The van der Waals surface area contributed by atoms with Crippen molar-refractivity contribution in [2.24, 2.45) is 4.99 Å². The van der Waals surface area contributed by atoms with Gasteiger partial charge in [0.15, 0.2) is 0 Å². The summed E-state index contributed by atoms with van der Waals surface area (Å²) >= 11 is 0. The molecule has 1 aromatic heterocycles. The van der Waals surface area contributed by atoms with Crippen molar-refractivity contribution in [2.75, 3.05) is 5.73 Å². The molecular weight excluding hydrogens is 306 g/mol. The van der Waals surface area contributed by atoms with E-state index in [0.717, 1.165) is 36.2 Å². The van der Waals surface area contributed by atoms with E-state index in [1.54, 1.807) is 0 Å². The first-order valence-electron chi connectivity index (χ1n) is 8.71. The highest BCUT2D eigenvalue weighted by molar-refractivity contribution is 6.15. The van der Waals surface area contributed by atoms with Crippen molar-refractivity contribution in [2.45, 2.75) is 25.8 Å². The van der Waals surface area contributed by atoms with Crippen LogP contribution >= 0.6 is 0 Å². The van der Waals surface area contributed by atoms with Gasteiger partial charge in [0.1, 0.15) is 0 Å². The topological polar surface area (TPSA) is 51.3 Å². The number of anilines is 1. The number of hydrogen-bond acceptors (Lipinski definition) is 3. The lowest BCUT2D eigenvalue weighted by Gasteiger charge is -2.11. The van der Waals surface area contributed by atoms with E-state index in [9.17, 15) is 0 Å². The summed E-state index contributed by atoms with van der Waals surface area (Å²) in [6.07, 6.45) is 6.77. The maximum absolute atomic E-state index is 6.30. The molecule has 0 amide bonds. The number of aliphatic imine (C=N–C) groups is 1. The Balaban J connectivity index is 1.54. The second kappa shape index (κ2) is 6.89. The fourth-order valence-electron chi connectivity index (χ4n) is 3.41. The number of rotatable bonds is 5. The van der Waals surface area contributed by atoms with Crippen molar-refractivity contribution in [1.29, 1.82) is 0 Å². The van der Waals surface area contributed by atoms with Gasteiger partial charge in [0.05, 0.1) is 12.3 Å². The molecule has 1 aliphatic rings. The molecule has 124 valence electrons. The van der Waals surface area contributed by atoms with Gasteiger partial charge < -0.3 is 5.73 Å². The molecule has 1 aliphatic heterocycles. The molecule has 0 bridgehead atoms. The third-order valence-electron chi connectivity index (χ3n) is 4.74. The lowest BCUT2D eigenvalue weighted by molar-refractivity contribution is 0.822. The number of nitrogens with zero attached hydrogens (tertiary/aromatic N) is 2. The van der Waals surface area contributed by atoms with Gasteiger partial charge in [0.25, 0.3) is 0 Å². The molecule has 3 heteroatoms. The number of pyridine rings is 1. The largest absolute Gasteiger partial charge is 0.398 e. The van der Waals surface area contributed by atoms with Crippen molar-refractivity contribution in [3.63, 3.8) is 0 Å². The molecule has 0 radical (unpaired) electrons. The molecule has 3 aromatic rings. The summed E-state index contributed by atoms with van der Waals surface area (Å²) in [7, 11) is 0. The highest BCUT2D eigenvalue weighted by atomic mass is 14.8. The van der Waals surface area contributed by atoms with Gasteiger partial charge >= 0.3 is 0 Å². The molecule has 4 rings (SSSR count). The van der Waals surface area contributed by atoms with Crippen LogP contribution in [0.15, 0.2) is 72.0 Å². The minimum atomic E-state index is 0.710. The molecule has 2 aromatic carbocycles. The maximum atomic E-state index is 6.30. The summed E-state index contributed by atoms with van der Waals surface area (Å²) in [6.45, 7) is 0.710. The Morgan fingerprint density at radius 2 is 1.72 bits per heavy atom. The van der Waals surface area contributed by atoms with E-state index < -0.39 is 0 Å². The average molecular weight is 327 g/mol. The van der Waals surface area contributed by atoms with Crippen LogP contribution in [0.1, 0.15) is 34.2 Å². The summed E-state index contributed by atoms with van der Waals surface area (Å²) in [5.74, 6) is 0. The molecule has 0 saturated heterocycles. The quantitative estimate of drug-likeness (QED) is 0.714. The molecule has 0 fully saturated rings. The fourth-order valence-corrected chi connectivity index (χ4v) is 3.41. The molecule has 0 saturated carbocycles. The number of aromatic nitrogens is 1. The van der Waals surface area contributed by atoms with Crippen LogP contribution in [-0.4, -0.2) is 10.7 Å². The van der Waals surface area contributed by atoms with Crippen molar-refractivity contribution >= 4 is 11.4 Å². The van der Waals surface area contributed by atoms with Gasteiger partial charge in [-0.3, -0.25) is 9.98 Å². The third-order valence-corrected chi connectivity index (χ3v) is 4.74. The summed E-state index contributed by atoms with van der Waals surface area (Å²) in [5, 5.41) is 0. The van der Waals surface area contributed by atoms with Gasteiger partial charge in [-0.05, 0) is 60.2 Å². The van der Waals surface area contributed by atoms with E-state index in [0.29, 0.717) is 6.54 Å². The molecule has 3 nitrogen and oxygen atoms in total. The number of hydrogen-bond donors (Lipinski definition) is 1. The van der Waals surface area contributed by atoms with Crippen LogP contribution in [0, 0.1) is 0 Å². The van der Waals surface area contributed by atoms with E-state index in [-0.39, 0.29) is 0 Å². The van der Waals surface area contributed by atoms with Gasteiger partial charge in [-0.15, -0.1) is 0 Å². The first-order chi connectivity index (χ1) is 12.3. The molecule has 2 N–H and O–H groups in total. The average Bonchev–Trinajstić information content (AvgIpc) is 3.06. The number of benzene rings is 2. The minimum absolute atomic E-state index is 0.710. The number of fused-ring (bicyclic) bond motifs is 1. The van der Waals surface area contributed by atoms with Crippen LogP contribution < -0.4 is 5.73 Å². The first-order valence-corrected chi connectivity index (χ1v) is 8.71. The Labute approximate surface area is 148 Å². The Morgan fingerprint density at radius 1 is 0.920 bits per heavy atom. The van der Waals surface area contributed by atoms with E-state index in [2.05, 4.69) is 47.4 Å². The highest BCUT2D eigenvalue weighted by Gasteiger charge is 2.19. The van der Waals surface area contributed by atoms with Crippen molar-refractivity contribution in [3.05, 3.63) is 94.8 Å². The zero-order valence-corrected chi connectivity index (χ0v) is 14.2. The van der Waals surface area contributed by atoms with Crippen LogP contribution in [0.5, 0.6) is 0 Å². The number of aryl methyl sites for hydroxylation is 2. The van der Waals surface area contributed by atoms with Crippen molar-refractivity contribution in [1.82, 2.24) is 4.98 Å². The van der Waals surface area contributed by atoms with Crippen LogP contribution in [-0.2, 0) is 19.4 Å². The van der Waals surface area contributed by atoms with Gasteiger partial charge in [0.2, 0.25) is 0 Å². The smallest absolute Gasteiger partial charge is 0.0727 e. The predicted molar refractivity (Wildman–Crippen MR) is 103 cm³/mol. The Kier molecular flexibility index (Phi) is 4.30. The van der Waals surface area contributed by atoms with Gasteiger partial charge in [-0.1, -0.05) is 30.3 Å². The van der Waals surface area contributed by atoms with Gasteiger partial charge in [-0.2, -0.15) is 0 Å². The summed E-state index contributed by atoms with van der Waals surface area (Å²) in [4.78, 5) is 8.82. The SMILES string of the molecule is Nc1cc2c(cc1CCCc1ccccc1)C(c1ccncc1)=NC2. The molecule has 25 heavy (non-hydrogen) atoms. The second-order valence-electron chi connectivity index (χ2n) is 6.45. The van der Waals surface area contributed by atoms with E-state index in [1.807, 2.05) is 24.5 Å². The predicted octanol–water partition coefficient (Wildman–Crippen LogP) is 4.19. The molecule has 0 atom stereocenters. The zero-order chi connectivity index (χ0) is 17.1. The normalized spacial score (nSPS) is 12.7. The number of nitrogens with two attached hydrogens (primary N) is 1. The maximum Gasteiger partial charge on any atom is 0.0727 e. The Hall–Kier alpha value is -2.94. The van der Waals surface area contributed by atoms with Gasteiger partial charge in [0, 0.05) is 29.2 Å². The Morgan fingerprint density at radius 3 is 2.52 bits per heavy atom. The summed E-state index contributed by atoms with van der Waals surface area (Å²) in [6, 6.07) is 19.0.